The van der Waals surface area contributed by atoms with E-state index in [1.807, 2.05) is 4.90 Å². The minimum atomic E-state index is 0.157. The Morgan fingerprint density at radius 1 is 1.29 bits per heavy atom. The number of carbonyl (C=O) groups excluding carboxylic acids is 1. The van der Waals surface area contributed by atoms with Crippen LogP contribution in [0.15, 0.2) is 5.16 Å². The molecule has 2 N–H and O–H groups in total. The van der Waals surface area contributed by atoms with Gasteiger partial charge in [-0.3, -0.25) is 4.79 Å². The summed E-state index contributed by atoms with van der Waals surface area (Å²) >= 11 is 1.38. The van der Waals surface area contributed by atoms with Gasteiger partial charge in [0.15, 0.2) is 0 Å². The monoisotopic (exact) mass is 314 g/mol. The minimum absolute atomic E-state index is 0.157. The van der Waals surface area contributed by atoms with Gasteiger partial charge in [0.05, 0.1) is 12.3 Å². The summed E-state index contributed by atoms with van der Waals surface area (Å²) in [4.78, 5) is 14.3. The number of nitrogens with zero attached hydrogens (tertiary/aromatic N) is 5. The maximum Gasteiger partial charge on any atom is 0.233 e. The largest absolute Gasteiger partial charge is 0.342 e. The summed E-state index contributed by atoms with van der Waals surface area (Å²) in [5, 5.41) is 12.1. The summed E-state index contributed by atoms with van der Waals surface area (Å²) in [6, 6.07) is 0. The van der Waals surface area contributed by atoms with E-state index >= 15 is 0 Å². The van der Waals surface area contributed by atoms with E-state index in [0.29, 0.717) is 24.0 Å². The number of thioether (sulfide) groups is 1. The zero-order valence-electron chi connectivity index (χ0n) is 13.0. The summed E-state index contributed by atoms with van der Waals surface area (Å²) in [6.07, 6.45) is 4.28. The van der Waals surface area contributed by atoms with Crippen LogP contribution in [-0.4, -0.2) is 56.4 Å². The molecule has 0 fully saturated rings. The van der Waals surface area contributed by atoms with Crippen LogP contribution in [0.5, 0.6) is 0 Å². The van der Waals surface area contributed by atoms with Crippen molar-refractivity contribution in [1.29, 1.82) is 0 Å². The van der Waals surface area contributed by atoms with Crippen LogP contribution in [0.25, 0.3) is 0 Å². The molecule has 0 spiro atoms. The van der Waals surface area contributed by atoms with E-state index in [9.17, 15) is 4.79 Å². The van der Waals surface area contributed by atoms with Crippen molar-refractivity contribution < 1.29 is 4.79 Å². The third kappa shape index (κ3) is 6.43. The molecule has 0 aromatic carbocycles. The van der Waals surface area contributed by atoms with Crippen molar-refractivity contribution in [1.82, 2.24) is 25.1 Å². The van der Waals surface area contributed by atoms with Crippen molar-refractivity contribution in [2.75, 3.05) is 25.4 Å². The molecule has 1 aromatic rings. The first-order chi connectivity index (χ1) is 10.2. The molecule has 0 aliphatic heterocycles. The van der Waals surface area contributed by atoms with Gasteiger partial charge in [0.2, 0.25) is 11.1 Å². The first kappa shape index (κ1) is 17.9. The topological polar surface area (TPSA) is 89.9 Å². The second kappa shape index (κ2) is 10.6. The first-order valence-corrected chi connectivity index (χ1v) is 8.58. The van der Waals surface area contributed by atoms with Crippen molar-refractivity contribution in [3.8, 4) is 0 Å². The fourth-order valence-electron chi connectivity index (χ4n) is 1.84. The maximum atomic E-state index is 12.3. The molecular formula is C13H26N6OS. The Bertz CT molecular complexity index is 403. The molecule has 0 bridgehead atoms. The normalized spacial score (nSPS) is 10.8. The number of amides is 1. The van der Waals surface area contributed by atoms with Gasteiger partial charge in [0, 0.05) is 19.6 Å². The van der Waals surface area contributed by atoms with Gasteiger partial charge in [-0.15, -0.1) is 5.10 Å². The standard InChI is InChI=1S/C13H26N6OS/c1-3-5-8-18(9-6-4-2)12(20)11-21-13-15-16-17-19(13)10-7-14/h3-11,14H2,1-2H3. The average molecular weight is 314 g/mol. The molecule has 0 unspecified atom stereocenters. The fraction of sp³-hybridized carbons (Fsp3) is 0.846. The van der Waals surface area contributed by atoms with Crippen molar-refractivity contribution in [2.45, 2.75) is 51.2 Å². The molecule has 0 aliphatic carbocycles. The third-order valence-corrected chi connectivity index (χ3v) is 4.02. The number of carbonyl (C=O) groups is 1. The van der Waals surface area contributed by atoms with Crippen LogP contribution in [0.4, 0.5) is 0 Å². The Labute approximate surface area is 130 Å². The van der Waals surface area contributed by atoms with E-state index in [1.54, 1.807) is 4.68 Å². The van der Waals surface area contributed by atoms with Gasteiger partial charge < -0.3 is 10.6 Å². The van der Waals surface area contributed by atoms with E-state index < -0.39 is 0 Å². The van der Waals surface area contributed by atoms with Gasteiger partial charge in [-0.25, -0.2) is 4.68 Å². The second-order valence-electron chi connectivity index (χ2n) is 4.85. The summed E-state index contributed by atoms with van der Waals surface area (Å²) in [5.74, 6) is 0.530. The van der Waals surface area contributed by atoms with Gasteiger partial charge >= 0.3 is 0 Å². The molecule has 7 nitrogen and oxygen atoms in total. The van der Waals surface area contributed by atoms with Crippen LogP contribution in [0, 0.1) is 0 Å². The molecule has 1 amide bonds. The van der Waals surface area contributed by atoms with Gasteiger partial charge in [-0.2, -0.15) is 0 Å². The Balaban J connectivity index is 2.49. The highest BCUT2D eigenvalue weighted by Gasteiger charge is 2.15. The van der Waals surface area contributed by atoms with Crippen LogP contribution in [-0.2, 0) is 11.3 Å². The lowest BCUT2D eigenvalue weighted by Crippen LogP contribution is -2.34. The summed E-state index contributed by atoms with van der Waals surface area (Å²) in [5.41, 5.74) is 5.50. The number of hydrogen-bond donors (Lipinski definition) is 1. The zero-order chi connectivity index (χ0) is 15.5. The molecular weight excluding hydrogens is 288 g/mol. The Morgan fingerprint density at radius 2 is 1.95 bits per heavy atom. The van der Waals surface area contributed by atoms with E-state index in [2.05, 4.69) is 29.4 Å². The van der Waals surface area contributed by atoms with Crippen molar-refractivity contribution in [2.24, 2.45) is 5.73 Å². The lowest BCUT2D eigenvalue weighted by atomic mass is 10.2. The molecule has 1 aromatic heterocycles. The van der Waals surface area contributed by atoms with E-state index in [4.69, 9.17) is 5.73 Å². The van der Waals surface area contributed by atoms with E-state index in [0.717, 1.165) is 38.8 Å². The molecule has 0 saturated heterocycles. The number of nitrogens with two attached hydrogens (primary N) is 1. The number of hydrogen-bond acceptors (Lipinski definition) is 6. The van der Waals surface area contributed by atoms with Crippen LogP contribution >= 0.6 is 11.8 Å². The zero-order valence-corrected chi connectivity index (χ0v) is 13.8. The summed E-state index contributed by atoms with van der Waals surface area (Å²) in [7, 11) is 0. The van der Waals surface area contributed by atoms with E-state index in [1.165, 1.54) is 11.8 Å². The smallest absolute Gasteiger partial charge is 0.233 e. The van der Waals surface area contributed by atoms with E-state index in [-0.39, 0.29) is 5.91 Å². The Morgan fingerprint density at radius 3 is 2.52 bits per heavy atom. The van der Waals surface area contributed by atoms with Crippen molar-refractivity contribution in [3.05, 3.63) is 0 Å². The molecule has 0 aliphatic rings. The maximum absolute atomic E-state index is 12.3. The van der Waals surface area contributed by atoms with Crippen LogP contribution in [0.2, 0.25) is 0 Å². The summed E-state index contributed by atoms with van der Waals surface area (Å²) in [6.45, 7) is 6.99. The Hall–Kier alpha value is -1.15. The highest BCUT2D eigenvalue weighted by molar-refractivity contribution is 7.99. The molecule has 1 rings (SSSR count). The van der Waals surface area contributed by atoms with Crippen LogP contribution in [0.1, 0.15) is 39.5 Å². The molecule has 21 heavy (non-hydrogen) atoms. The molecule has 8 heteroatoms. The fourth-order valence-corrected chi connectivity index (χ4v) is 2.65. The van der Waals surface area contributed by atoms with Crippen LogP contribution in [0.3, 0.4) is 0 Å². The lowest BCUT2D eigenvalue weighted by molar-refractivity contribution is -0.128. The second-order valence-corrected chi connectivity index (χ2v) is 5.79. The summed E-state index contributed by atoms with van der Waals surface area (Å²) < 4.78 is 1.64. The SMILES string of the molecule is CCCCN(CCCC)C(=O)CSc1nnnn1CCN. The number of aromatic nitrogens is 4. The van der Waals surface area contributed by atoms with Gasteiger partial charge in [-0.05, 0) is 23.3 Å². The van der Waals surface area contributed by atoms with Gasteiger partial charge in [0.1, 0.15) is 0 Å². The molecule has 120 valence electrons. The quantitative estimate of drug-likeness (QED) is 0.616. The van der Waals surface area contributed by atoms with Gasteiger partial charge in [-0.1, -0.05) is 38.5 Å². The van der Waals surface area contributed by atoms with Crippen LogP contribution < -0.4 is 5.73 Å². The predicted octanol–water partition coefficient (Wildman–Crippen LogP) is 1.15. The number of tetrazole rings is 1. The highest BCUT2D eigenvalue weighted by Crippen LogP contribution is 2.14. The number of unbranched alkanes of at least 4 members (excludes halogenated alkanes) is 2. The van der Waals surface area contributed by atoms with Crippen molar-refractivity contribution in [3.63, 3.8) is 0 Å². The molecule has 0 radical (unpaired) electrons. The van der Waals surface area contributed by atoms with Crippen molar-refractivity contribution >= 4 is 17.7 Å². The average Bonchev–Trinajstić information content (AvgIpc) is 2.93. The lowest BCUT2D eigenvalue weighted by Gasteiger charge is -2.22. The first-order valence-electron chi connectivity index (χ1n) is 7.59. The van der Waals surface area contributed by atoms with Gasteiger partial charge in [0.25, 0.3) is 0 Å². The Kier molecular flexibility index (Phi) is 9.00. The molecule has 1 heterocycles. The third-order valence-electron chi connectivity index (χ3n) is 3.08. The number of rotatable bonds is 11. The highest BCUT2D eigenvalue weighted by atomic mass is 32.2. The molecule has 0 atom stereocenters. The minimum Gasteiger partial charge on any atom is -0.342 e. The predicted molar refractivity (Wildman–Crippen MR) is 84.0 cm³/mol. The molecule has 0 saturated carbocycles.